The topological polar surface area (TPSA) is 78.0 Å². The quantitative estimate of drug-likeness (QED) is 0.564. The number of benzene rings is 2. The second-order valence-electron chi connectivity index (χ2n) is 6.04. The summed E-state index contributed by atoms with van der Waals surface area (Å²) in [5.41, 5.74) is 1.88. The molecule has 1 atom stereocenters. The Bertz CT molecular complexity index is 1010. The summed E-state index contributed by atoms with van der Waals surface area (Å²) in [4.78, 5) is 8.95. The van der Waals surface area contributed by atoms with Gasteiger partial charge in [0.1, 0.15) is 17.6 Å². The summed E-state index contributed by atoms with van der Waals surface area (Å²) in [6, 6.07) is 17.2. The van der Waals surface area contributed by atoms with E-state index in [0.29, 0.717) is 11.8 Å². The molecule has 7 heteroatoms. The van der Waals surface area contributed by atoms with Crippen molar-refractivity contribution in [2.75, 3.05) is 12.4 Å². The van der Waals surface area contributed by atoms with Crippen LogP contribution < -0.4 is 10.1 Å². The van der Waals surface area contributed by atoms with E-state index < -0.39 is 0 Å². The number of anilines is 1. The average Bonchev–Trinajstić information content (AvgIpc) is 3.36. The number of aromatic nitrogens is 4. The van der Waals surface area contributed by atoms with Gasteiger partial charge < -0.3 is 19.1 Å². The highest BCUT2D eigenvalue weighted by Gasteiger charge is 2.21. The normalized spacial score (nSPS) is 11.9. The van der Waals surface area contributed by atoms with E-state index in [4.69, 9.17) is 9.26 Å². The largest absolute Gasteiger partial charge is 0.497 e. The molecular formula is C20H19N5O2. The van der Waals surface area contributed by atoms with E-state index in [1.165, 1.54) is 0 Å². The van der Waals surface area contributed by atoms with Gasteiger partial charge in [0.2, 0.25) is 0 Å². The van der Waals surface area contributed by atoms with Crippen LogP contribution >= 0.6 is 0 Å². The number of methoxy groups -OCH3 is 1. The van der Waals surface area contributed by atoms with E-state index in [9.17, 15) is 0 Å². The molecule has 0 bridgehead atoms. The molecule has 0 aliphatic carbocycles. The van der Waals surface area contributed by atoms with Crippen LogP contribution in [0.15, 0.2) is 71.5 Å². The van der Waals surface area contributed by atoms with E-state index >= 15 is 0 Å². The van der Waals surface area contributed by atoms with Gasteiger partial charge in [-0.3, -0.25) is 0 Å². The molecule has 0 saturated carbocycles. The van der Waals surface area contributed by atoms with E-state index in [-0.39, 0.29) is 6.04 Å². The van der Waals surface area contributed by atoms with Crippen molar-refractivity contribution in [3.63, 3.8) is 0 Å². The van der Waals surface area contributed by atoms with E-state index in [2.05, 4.69) is 20.4 Å². The molecule has 2 heterocycles. The minimum atomic E-state index is -0.239. The molecule has 0 saturated heterocycles. The first kappa shape index (κ1) is 16.8. The third-order valence-electron chi connectivity index (χ3n) is 4.29. The molecule has 1 N–H and O–H groups in total. The zero-order valence-electron chi connectivity index (χ0n) is 15.0. The zero-order chi connectivity index (χ0) is 18.6. The molecule has 2 aromatic heterocycles. The second kappa shape index (κ2) is 7.33. The van der Waals surface area contributed by atoms with Gasteiger partial charge >= 0.3 is 0 Å². The number of hydrogen-bond acceptors (Lipinski definition) is 6. The van der Waals surface area contributed by atoms with Gasteiger partial charge in [0, 0.05) is 25.0 Å². The maximum atomic E-state index is 5.40. The smallest absolute Gasteiger partial charge is 0.264 e. The predicted molar refractivity (Wildman–Crippen MR) is 101 cm³/mol. The van der Waals surface area contributed by atoms with Crippen LogP contribution in [-0.2, 0) is 7.05 Å². The molecule has 0 aliphatic heterocycles. The number of nitrogens with one attached hydrogen (secondary N) is 1. The van der Waals surface area contributed by atoms with Gasteiger partial charge in [-0.15, -0.1) is 0 Å². The summed E-state index contributed by atoms with van der Waals surface area (Å²) < 4.78 is 12.6. The lowest BCUT2D eigenvalue weighted by atomic mass is 10.1. The Hall–Kier alpha value is -3.61. The maximum Gasteiger partial charge on any atom is 0.264 e. The Morgan fingerprint density at radius 3 is 2.52 bits per heavy atom. The number of ether oxygens (including phenoxy) is 1. The van der Waals surface area contributed by atoms with Crippen molar-refractivity contribution in [1.29, 1.82) is 0 Å². The number of aryl methyl sites for hydroxylation is 1. The molecule has 4 rings (SSSR count). The summed E-state index contributed by atoms with van der Waals surface area (Å²) in [5.74, 6) is 2.50. The van der Waals surface area contributed by atoms with Crippen LogP contribution in [0.3, 0.4) is 0 Å². The van der Waals surface area contributed by atoms with Crippen molar-refractivity contribution >= 4 is 5.95 Å². The Balaban J connectivity index is 1.65. The van der Waals surface area contributed by atoms with Crippen molar-refractivity contribution in [2.45, 2.75) is 6.04 Å². The first-order valence-electron chi connectivity index (χ1n) is 8.51. The lowest BCUT2D eigenvalue weighted by Gasteiger charge is -2.18. The number of hydrogen-bond donors (Lipinski definition) is 1. The van der Waals surface area contributed by atoms with Gasteiger partial charge in [-0.1, -0.05) is 30.3 Å². The van der Waals surface area contributed by atoms with Crippen LogP contribution in [0.25, 0.3) is 11.5 Å². The summed E-state index contributed by atoms with van der Waals surface area (Å²) in [5, 5.41) is 7.40. The minimum Gasteiger partial charge on any atom is -0.497 e. The van der Waals surface area contributed by atoms with Gasteiger partial charge in [0.15, 0.2) is 0 Å². The molecule has 0 fully saturated rings. The van der Waals surface area contributed by atoms with Crippen molar-refractivity contribution in [2.24, 2.45) is 7.05 Å². The Morgan fingerprint density at radius 1 is 1.07 bits per heavy atom. The van der Waals surface area contributed by atoms with Crippen LogP contribution in [0.1, 0.15) is 17.4 Å². The number of imidazole rings is 1. The summed E-state index contributed by atoms with van der Waals surface area (Å²) in [6.45, 7) is 0. The SMILES string of the molecule is COc1ccc(C(Nc2noc(-c3ccccc3)n2)c2nccn2C)cc1. The van der Waals surface area contributed by atoms with Crippen LogP contribution in [0, 0.1) is 0 Å². The lowest BCUT2D eigenvalue weighted by Crippen LogP contribution is -2.17. The molecule has 27 heavy (non-hydrogen) atoms. The fourth-order valence-corrected chi connectivity index (χ4v) is 2.86. The minimum absolute atomic E-state index is 0.239. The standard InChI is InChI=1S/C20H19N5O2/c1-25-13-12-21-18(25)17(14-8-10-16(26-2)11-9-14)22-20-23-19(27-24-20)15-6-4-3-5-7-15/h3-13,17H,1-2H3,(H,22,24). The molecular weight excluding hydrogens is 342 g/mol. The van der Waals surface area contributed by atoms with Crippen molar-refractivity contribution in [3.05, 3.63) is 78.4 Å². The van der Waals surface area contributed by atoms with E-state index in [1.807, 2.05) is 72.4 Å². The van der Waals surface area contributed by atoms with Gasteiger partial charge in [-0.25, -0.2) is 4.98 Å². The van der Waals surface area contributed by atoms with Gasteiger partial charge in [0.05, 0.1) is 7.11 Å². The monoisotopic (exact) mass is 361 g/mol. The van der Waals surface area contributed by atoms with Crippen molar-refractivity contribution in [1.82, 2.24) is 19.7 Å². The zero-order valence-corrected chi connectivity index (χ0v) is 15.0. The van der Waals surface area contributed by atoms with Crippen LogP contribution in [0.5, 0.6) is 5.75 Å². The second-order valence-corrected chi connectivity index (χ2v) is 6.04. The van der Waals surface area contributed by atoms with Crippen LogP contribution in [0.2, 0.25) is 0 Å². The van der Waals surface area contributed by atoms with Crippen molar-refractivity contribution < 1.29 is 9.26 Å². The average molecular weight is 361 g/mol. The van der Waals surface area contributed by atoms with E-state index in [0.717, 1.165) is 22.7 Å². The van der Waals surface area contributed by atoms with Crippen molar-refractivity contribution in [3.8, 4) is 17.2 Å². The maximum absolute atomic E-state index is 5.40. The third kappa shape index (κ3) is 3.52. The highest BCUT2D eigenvalue weighted by atomic mass is 16.5. The van der Waals surface area contributed by atoms with Gasteiger partial charge in [-0.2, -0.15) is 4.98 Å². The fraction of sp³-hybridized carbons (Fsp3) is 0.150. The Labute approximate surface area is 156 Å². The number of rotatable bonds is 6. The fourth-order valence-electron chi connectivity index (χ4n) is 2.86. The summed E-state index contributed by atoms with van der Waals surface area (Å²) in [7, 11) is 3.60. The molecule has 0 aliphatic rings. The molecule has 136 valence electrons. The lowest BCUT2D eigenvalue weighted by molar-refractivity contribution is 0.414. The summed E-state index contributed by atoms with van der Waals surface area (Å²) in [6.07, 6.45) is 3.67. The van der Waals surface area contributed by atoms with Crippen LogP contribution in [0.4, 0.5) is 5.95 Å². The third-order valence-corrected chi connectivity index (χ3v) is 4.29. The predicted octanol–water partition coefficient (Wildman–Crippen LogP) is 3.68. The molecule has 0 amide bonds. The first-order chi connectivity index (χ1) is 13.2. The highest BCUT2D eigenvalue weighted by molar-refractivity contribution is 5.54. The van der Waals surface area contributed by atoms with Gasteiger partial charge in [0.25, 0.3) is 11.8 Å². The Kier molecular flexibility index (Phi) is 4.57. The Morgan fingerprint density at radius 2 is 1.85 bits per heavy atom. The molecule has 0 radical (unpaired) electrons. The molecule has 4 aromatic rings. The molecule has 0 spiro atoms. The molecule has 1 unspecified atom stereocenters. The summed E-state index contributed by atoms with van der Waals surface area (Å²) >= 11 is 0. The highest BCUT2D eigenvalue weighted by Crippen LogP contribution is 2.27. The molecule has 7 nitrogen and oxygen atoms in total. The molecule has 2 aromatic carbocycles. The van der Waals surface area contributed by atoms with Gasteiger partial charge in [-0.05, 0) is 35.0 Å². The van der Waals surface area contributed by atoms with Crippen LogP contribution in [-0.4, -0.2) is 26.8 Å². The van der Waals surface area contributed by atoms with E-state index in [1.54, 1.807) is 13.3 Å². The number of nitrogens with zero attached hydrogens (tertiary/aromatic N) is 4. The first-order valence-corrected chi connectivity index (χ1v) is 8.51.